The molecule has 0 amide bonds. The third-order valence-corrected chi connectivity index (χ3v) is 1.85. The quantitative estimate of drug-likeness (QED) is 0.645. The largest absolute Gasteiger partial charge is 0.402 e. The third-order valence-electron chi connectivity index (χ3n) is 1.85. The van der Waals surface area contributed by atoms with Crippen molar-refractivity contribution in [1.29, 1.82) is 0 Å². The van der Waals surface area contributed by atoms with E-state index in [0.29, 0.717) is 11.8 Å². The Bertz CT molecular complexity index is 188. The molecular weight excluding hydrogens is 148 g/mol. The van der Waals surface area contributed by atoms with E-state index < -0.39 is 0 Å². The summed E-state index contributed by atoms with van der Waals surface area (Å²) >= 11 is 0. The highest BCUT2D eigenvalue weighted by atomic mass is 14.7. The average Bonchev–Trinajstić information content (AvgIpc) is 1.98. The van der Waals surface area contributed by atoms with E-state index in [4.69, 9.17) is 5.73 Å². The zero-order valence-corrected chi connectivity index (χ0v) is 8.76. The lowest BCUT2D eigenvalue weighted by Gasteiger charge is -2.13. The molecule has 2 N–H and O–H groups in total. The monoisotopic (exact) mass is 168 g/mol. The number of nitrogens with zero attached hydrogens (tertiary/aromatic N) is 1. The van der Waals surface area contributed by atoms with Crippen molar-refractivity contribution in [1.82, 2.24) is 0 Å². The van der Waals surface area contributed by atoms with Gasteiger partial charge in [-0.2, -0.15) is 0 Å². The molecule has 70 valence electrons. The average molecular weight is 168 g/mol. The van der Waals surface area contributed by atoms with Crippen molar-refractivity contribution >= 4 is 6.21 Å². The number of hydrogen-bond acceptors (Lipinski definition) is 2. The minimum Gasteiger partial charge on any atom is -0.402 e. The molecule has 0 aromatic carbocycles. The van der Waals surface area contributed by atoms with Gasteiger partial charge in [0.25, 0.3) is 0 Å². The van der Waals surface area contributed by atoms with Gasteiger partial charge in [0.15, 0.2) is 0 Å². The Morgan fingerprint density at radius 3 is 1.92 bits per heavy atom. The lowest BCUT2D eigenvalue weighted by molar-refractivity contribution is 0.706. The van der Waals surface area contributed by atoms with E-state index in [1.807, 2.05) is 6.21 Å². The van der Waals surface area contributed by atoms with Gasteiger partial charge < -0.3 is 5.73 Å². The molecule has 2 heteroatoms. The Hall–Kier alpha value is -0.790. The van der Waals surface area contributed by atoms with E-state index in [9.17, 15) is 0 Å². The molecule has 12 heavy (non-hydrogen) atoms. The van der Waals surface area contributed by atoms with Crippen LogP contribution in [-0.2, 0) is 0 Å². The molecule has 0 aromatic heterocycles. The first-order valence-electron chi connectivity index (χ1n) is 4.42. The second kappa shape index (κ2) is 4.96. The number of aliphatic imine (C=N–C) groups is 1. The van der Waals surface area contributed by atoms with Crippen LogP contribution in [0.3, 0.4) is 0 Å². The maximum Gasteiger partial charge on any atom is 0.0277 e. The first-order chi connectivity index (χ1) is 5.50. The van der Waals surface area contributed by atoms with Gasteiger partial charge in [-0.15, -0.1) is 0 Å². The minimum atomic E-state index is 0.403. The molecule has 0 aliphatic heterocycles. The van der Waals surface area contributed by atoms with Crippen LogP contribution >= 0.6 is 0 Å². The van der Waals surface area contributed by atoms with E-state index in [0.717, 1.165) is 11.3 Å². The SMILES string of the molecule is C/N=C\C(=C(/N)C(C)C)C(C)C. The van der Waals surface area contributed by atoms with Crippen molar-refractivity contribution < 1.29 is 0 Å². The summed E-state index contributed by atoms with van der Waals surface area (Å²) in [6.45, 7) is 8.46. The van der Waals surface area contributed by atoms with Gasteiger partial charge >= 0.3 is 0 Å². The molecular formula is C10H20N2. The summed E-state index contributed by atoms with van der Waals surface area (Å²) in [5, 5.41) is 0. The van der Waals surface area contributed by atoms with Gasteiger partial charge in [-0.05, 0) is 17.4 Å². The topological polar surface area (TPSA) is 38.4 Å². The summed E-state index contributed by atoms with van der Waals surface area (Å²) in [6, 6.07) is 0. The Morgan fingerprint density at radius 2 is 1.67 bits per heavy atom. The fourth-order valence-corrected chi connectivity index (χ4v) is 1.03. The number of hydrogen-bond donors (Lipinski definition) is 1. The van der Waals surface area contributed by atoms with Crippen LogP contribution in [0.4, 0.5) is 0 Å². The summed E-state index contributed by atoms with van der Waals surface area (Å²) in [5.41, 5.74) is 8.05. The van der Waals surface area contributed by atoms with Crippen molar-refractivity contribution in [2.45, 2.75) is 27.7 Å². The van der Waals surface area contributed by atoms with Gasteiger partial charge in [0.2, 0.25) is 0 Å². The summed E-state index contributed by atoms with van der Waals surface area (Å²) in [6.07, 6.45) is 1.86. The molecule has 0 spiro atoms. The van der Waals surface area contributed by atoms with Crippen LogP contribution in [0.15, 0.2) is 16.3 Å². The second-order valence-corrected chi connectivity index (χ2v) is 3.61. The van der Waals surface area contributed by atoms with E-state index in [2.05, 4.69) is 32.7 Å². The summed E-state index contributed by atoms with van der Waals surface area (Å²) in [4.78, 5) is 4.00. The Kier molecular flexibility index (Phi) is 4.64. The Labute approximate surface area is 75.6 Å². The van der Waals surface area contributed by atoms with Gasteiger partial charge in [0.05, 0.1) is 0 Å². The summed E-state index contributed by atoms with van der Waals surface area (Å²) in [5.74, 6) is 0.858. The highest BCUT2D eigenvalue weighted by Gasteiger charge is 2.08. The highest BCUT2D eigenvalue weighted by Crippen LogP contribution is 2.15. The molecule has 0 aliphatic rings. The van der Waals surface area contributed by atoms with E-state index >= 15 is 0 Å². The smallest absolute Gasteiger partial charge is 0.0277 e. The Balaban J connectivity index is 4.80. The zero-order chi connectivity index (χ0) is 9.72. The van der Waals surface area contributed by atoms with Gasteiger partial charge in [-0.1, -0.05) is 27.7 Å². The molecule has 0 saturated carbocycles. The molecule has 0 fully saturated rings. The van der Waals surface area contributed by atoms with Crippen LogP contribution in [0.25, 0.3) is 0 Å². The molecule has 0 radical (unpaired) electrons. The van der Waals surface area contributed by atoms with E-state index in [-0.39, 0.29) is 0 Å². The number of allylic oxidation sites excluding steroid dienone is 2. The third kappa shape index (κ3) is 3.07. The first kappa shape index (κ1) is 11.2. The number of rotatable bonds is 3. The van der Waals surface area contributed by atoms with Crippen LogP contribution in [0.1, 0.15) is 27.7 Å². The molecule has 0 heterocycles. The predicted molar refractivity (Wildman–Crippen MR) is 55.3 cm³/mol. The lowest BCUT2D eigenvalue weighted by Crippen LogP contribution is -2.13. The van der Waals surface area contributed by atoms with Crippen LogP contribution < -0.4 is 5.73 Å². The molecule has 0 aliphatic carbocycles. The Morgan fingerprint density at radius 1 is 1.17 bits per heavy atom. The predicted octanol–water partition coefficient (Wildman–Crippen LogP) is 2.21. The van der Waals surface area contributed by atoms with Crippen molar-refractivity contribution in [3.63, 3.8) is 0 Å². The van der Waals surface area contributed by atoms with Gasteiger partial charge in [0, 0.05) is 19.0 Å². The van der Waals surface area contributed by atoms with Crippen LogP contribution in [-0.4, -0.2) is 13.3 Å². The normalized spacial score (nSPS) is 14.6. The molecule has 0 aromatic rings. The van der Waals surface area contributed by atoms with Gasteiger partial charge in [-0.3, -0.25) is 4.99 Å². The molecule has 0 unspecified atom stereocenters. The minimum absolute atomic E-state index is 0.403. The standard InChI is InChI=1S/C10H20N2/c1-7(2)9(6-12-5)10(11)8(3)4/h6-8H,11H2,1-5H3/b10-9+,12-6-. The van der Waals surface area contributed by atoms with Crippen LogP contribution in [0, 0.1) is 11.8 Å². The number of nitrogens with two attached hydrogens (primary N) is 1. The van der Waals surface area contributed by atoms with Crippen molar-refractivity contribution in [2.24, 2.45) is 22.6 Å². The fraction of sp³-hybridized carbons (Fsp3) is 0.700. The maximum absolute atomic E-state index is 5.94. The fourth-order valence-electron chi connectivity index (χ4n) is 1.03. The second-order valence-electron chi connectivity index (χ2n) is 3.61. The van der Waals surface area contributed by atoms with Gasteiger partial charge in [0.1, 0.15) is 0 Å². The molecule has 2 nitrogen and oxygen atoms in total. The highest BCUT2D eigenvalue weighted by molar-refractivity contribution is 5.80. The molecule has 0 saturated heterocycles. The van der Waals surface area contributed by atoms with E-state index in [1.54, 1.807) is 7.05 Å². The van der Waals surface area contributed by atoms with Crippen molar-refractivity contribution in [2.75, 3.05) is 7.05 Å². The van der Waals surface area contributed by atoms with Gasteiger partial charge in [-0.25, -0.2) is 0 Å². The van der Waals surface area contributed by atoms with Crippen molar-refractivity contribution in [3.05, 3.63) is 11.3 Å². The lowest BCUT2D eigenvalue weighted by atomic mass is 9.97. The summed E-state index contributed by atoms with van der Waals surface area (Å²) < 4.78 is 0. The zero-order valence-electron chi connectivity index (χ0n) is 8.76. The van der Waals surface area contributed by atoms with E-state index in [1.165, 1.54) is 0 Å². The van der Waals surface area contributed by atoms with Crippen LogP contribution in [0.2, 0.25) is 0 Å². The summed E-state index contributed by atoms with van der Waals surface area (Å²) in [7, 11) is 1.77. The maximum atomic E-state index is 5.94. The molecule has 0 rings (SSSR count). The molecule has 0 bridgehead atoms. The van der Waals surface area contributed by atoms with Crippen molar-refractivity contribution in [3.8, 4) is 0 Å². The first-order valence-corrected chi connectivity index (χ1v) is 4.42. The van der Waals surface area contributed by atoms with Crippen LogP contribution in [0.5, 0.6) is 0 Å². The molecule has 0 atom stereocenters.